The molecule has 0 bridgehead atoms. The highest BCUT2D eigenvalue weighted by Crippen LogP contribution is 2.31. The predicted molar refractivity (Wildman–Crippen MR) is 87.4 cm³/mol. The van der Waals surface area contributed by atoms with E-state index in [9.17, 15) is 4.79 Å². The molecule has 2 atom stereocenters. The van der Waals surface area contributed by atoms with Gasteiger partial charge in [-0.1, -0.05) is 25.0 Å². The monoisotopic (exact) mass is 300 g/mol. The van der Waals surface area contributed by atoms with Crippen molar-refractivity contribution in [2.45, 2.75) is 44.6 Å². The Morgan fingerprint density at radius 2 is 2.27 bits per heavy atom. The third kappa shape index (κ3) is 3.14. The number of hydrogen-bond acceptors (Lipinski definition) is 3. The highest BCUT2D eigenvalue weighted by molar-refractivity contribution is 5.80. The summed E-state index contributed by atoms with van der Waals surface area (Å²) in [6.07, 6.45) is 4.73. The minimum Gasteiger partial charge on any atom is -0.355 e. The normalized spacial score (nSPS) is 25.3. The van der Waals surface area contributed by atoms with Gasteiger partial charge in [-0.2, -0.15) is 0 Å². The first kappa shape index (κ1) is 15.0. The molecule has 1 saturated carbocycles. The Kier molecular flexibility index (Phi) is 4.16. The van der Waals surface area contributed by atoms with Crippen molar-refractivity contribution in [1.29, 1.82) is 0 Å². The first-order chi connectivity index (χ1) is 10.6. The number of amides is 1. The van der Waals surface area contributed by atoms with Gasteiger partial charge < -0.3 is 16.0 Å². The van der Waals surface area contributed by atoms with Crippen LogP contribution < -0.4 is 11.1 Å². The van der Waals surface area contributed by atoms with Crippen molar-refractivity contribution < 1.29 is 4.79 Å². The molecule has 118 valence electrons. The fraction of sp³-hybridized carbons (Fsp3) is 0.529. The van der Waals surface area contributed by atoms with Gasteiger partial charge in [-0.15, -0.1) is 0 Å². The topological polar surface area (TPSA) is 83.8 Å². The molecule has 22 heavy (non-hydrogen) atoms. The smallest absolute Gasteiger partial charge is 0.224 e. The number of carbonyl (C=O) groups excluding carboxylic acids is 1. The summed E-state index contributed by atoms with van der Waals surface area (Å²) in [4.78, 5) is 20.2. The maximum absolute atomic E-state index is 12.4. The number of nitrogens with one attached hydrogen (secondary N) is 2. The van der Waals surface area contributed by atoms with Crippen LogP contribution in [-0.2, 0) is 11.2 Å². The van der Waals surface area contributed by atoms with Crippen LogP contribution in [0.25, 0.3) is 11.0 Å². The lowest BCUT2D eigenvalue weighted by Gasteiger charge is -2.37. The van der Waals surface area contributed by atoms with Crippen molar-refractivity contribution in [3.05, 3.63) is 30.1 Å². The summed E-state index contributed by atoms with van der Waals surface area (Å²) in [5, 5.41) is 3.02. The molecule has 1 aliphatic rings. The van der Waals surface area contributed by atoms with Crippen molar-refractivity contribution in [3.63, 3.8) is 0 Å². The lowest BCUT2D eigenvalue weighted by molar-refractivity contribution is -0.128. The van der Waals surface area contributed by atoms with E-state index >= 15 is 0 Å². The summed E-state index contributed by atoms with van der Waals surface area (Å²) < 4.78 is 0. The second kappa shape index (κ2) is 6.08. The van der Waals surface area contributed by atoms with E-state index in [-0.39, 0.29) is 17.4 Å². The van der Waals surface area contributed by atoms with E-state index in [4.69, 9.17) is 5.73 Å². The first-order valence-electron chi connectivity index (χ1n) is 8.06. The molecule has 0 saturated heterocycles. The van der Waals surface area contributed by atoms with Gasteiger partial charge in [-0.3, -0.25) is 4.79 Å². The number of rotatable bonds is 4. The SMILES string of the molecule is CC1(N)CCCCC1C(=O)NCCc1nc2ccccc2[nH]1. The molecule has 0 spiro atoms. The molecule has 2 unspecified atom stereocenters. The molecule has 1 amide bonds. The number of hydrogen-bond donors (Lipinski definition) is 3. The van der Waals surface area contributed by atoms with Crippen LogP contribution in [0.1, 0.15) is 38.4 Å². The second-order valence-electron chi connectivity index (χ2n) is 6.55. The maximum Gasteiger partial charge on any atom is 0.224 e. The molecule has 5 nitrogen and oxygen atoms in total. The van der Waals surface area contributed by atoms with Crippen LogP contribution in [0.2, 0.25) is 0 Å². The molecular weight excluding hydrogens is 276 g/mol. The van der Waals surface area contributed by atoms with Crippen molar-refractivity contribution in [2.24, 2.45) is 11.7 Å². The van der Waals surface area contributed by atoms with E-state index in [0.717, 1.165) is 42.5 Å². The van der Waals surface area contributed by atoms with E-state index in [1.54, 1.807) is 0 Å². The Balaban J connectivity index is 1.55. The van der Waals surface area contributed by atoms with Crippen molar-refractivity contribution >= 4 is 16.9 Å². The minimum absolute atomic E-state index is 0.0723. The van der Waals surface area contributed by atoms with Gasteiger partial charge in [-0.05, 0) is 31.9 Å². The van der Waals surface area contributed by atoms with Gasteiger partial charge in [0.2, 0.25) is 5.91 Å². The number of imidazole rings is 1. The Morgan fingerprint density at radius 1 is 1.45 bits per heavy atom. The van der Waals surface area contributed by atoms with Crippen LogP contribution in [0, 0.1) is 5.92 Å². The summed E-state index contributed by atoms with van der Waals surface area (Å²) in [5.41, 5.74) is 7.90. The third-order valence-electron chi connectivity index (χ3n) is 4.67. The number of nitrogens with two attached hydrogens (primary N) is 1. The first-order valence-corrected chi connectivity index (χ1v) is 8.06. The summed E-state index contributed by atoms with van der Waals surface area (Å²) in [7, 11) is 0. The van der Waals surface area contributed by atoms with Gasteiger partial charge in [0.05, 0.1) is 17.0 Å². The van der Waals surface area contributed by atoms with Gasteiger partial charge in [0.15, 0.2) is 0 Å². The van der Waals surface area contributed by atoms with Crippen LogP contribution >= 0.6 is 0 Å². The summed E-state index contributed by atoms with van der Waals surface area (Å²) in [6, 6.07) is 7.94. The van der Waals surface area contributed by atoms with Gasteiger partial charge in [-0.25, -0.2) is 4.98 Å². The van der Waals surface area contributed by atoms with Crippen molar-refractivity contribution in [1.82, 2.24) is 15.3 Å². The largest absolute Gasteiger partial charge is 0.355 e. The Hall–Kier alpha value is -1.88. The van der Waals surface area contributed by atoms with Crippen molar-refractivity contribution in [3.8, 4) is 0 Å². The molecule has 2 aromatic rings. The van der Waals surface area contributed by atoms with Gasteiger partial charge in [0.1, 0.15) is 5.82 Å². The highest BCUT2D eigenvalue weighted by Gasteiger charge is 2.37. The summed E-state index contributed by atoms with van der Waals surface area (Å²) in [5.74, 6) is 0.915. The standard InChI is InChI=1S/C17H24N4O/c1-17(18)10-5-4-6-12(17)16(22)19-11-9-15-20-13-7-2-3-8-14(13)21-15/h2-3,7-8,12H,4-6,9-11,18H2,1H3,(H,19,22)(H,20,21). The zero-order chi connectivity index (χ0) is 15.6. The molecule has 1 heterocycles. The average molecular weight is 300 g/mol. The third-order valence-corrected chi connectivity index (χ3v) is 4.67. The highest BCUT2D eigenvalue weighted by atomic mass is 16.1. The number of aromatic nitrogens is 2. The zero-order valence-corrected chi connectivity index (χ0v) is 13.1. The molecule has 3 rings (SSSR count). The molecular formula is C17H24N4O. The Morgan fingerprint density at radius 3 is 3.05 bits per heavy atom. The number of para-hydroxylation sites is 2. The lowest BCUT2D eigenvalue weighted by Crippen LogP contribution is -2.53. The molecule has 5 heteroatoms. The lowest BCUT2D eigenvalue weighted by atomic mass is 9.74. The van der Waals surface area contributed by atoms with E-state index < -0.39 is 0 Å². The minimum atomic E-state index is -0.373. The number of H-pyrrole nitrogens is 1. The predicted octanol–water partition coefficient (Wildman–Crippen LogP) is 2.13. The summed E-state index contributed by atoms with van der Waals surface area (Å²) >= 11 is 0. The molecule has 1 aromatic heterocycles. The van der Waals surface area contributed by atoms with Crippen LogP contribution in [0.15, 0.2) is 24.3 Å². The number of nitrogens with zero attached hydrogens (tertiary/aromatic N) is 1. The van der Waals surface area contributed by atoms with Crippen molar-refractivity contribution in [2.75, 3.05) is 6.54 Å². The van der Waals surface area contributed by atoms with E-state index in [1.807, 2.05) is 31.2 Å². The number of benzene rings is 1. The van der Waals surface area contributed by atoms with Crippen LogP contribution in [0.5, 0.6) is 0 Å². The molecule has 4 N–H and O–H groups in total. The molecule has 1 aromatic carbocycles. The van der Waals surface area contributed by atoms with Crippen LogP contribution in [0.3, 0.4) is 0 Å². The number of aromatic amines is 1. The molecule has 0 aliphatic heterocycles. The fourth-order valence-corrected chi connectivity index (χ4v) is 3.34. The van der Waals surface area contributed by atoms with Crippen LogP contribution in [-0.4, -0.2) is 28.0 Å². The van der Waals surface area contributed by atoms with Gasteiger partial charge in [0, 0.05) is 18.5 Å². The molecule has 0 radical (unpaired) electrons. The second-order valence-corrected chi connectivity index (χ2v) is 6.55. The Bertz CT molecular complexity index is 628. The van der Waals surface area contributed by atoms with Gasteiger partial charge >= 0.3 is 0 Å². The molecule has 1 aliphatic carbocycles. The van der Waals surface area contributed by atoms with E-state index in [2.05, 4.69) is 15.3 Å². The molecule has 1 fully saturated rings. The maximum atomic E-state index is 12.4. The number of fused-ring (bicyclic) bond motifs is 1. The van der Waals surface area contributed by atoms with Crippen LogP contribution in [0.4, 0.5) is 0 Å². The number of carbonyl (C=O) groups is 1. The fourth-order valence-electron chi connectivity index (χ4n) is 3.34. The Labute approximate surface area is 130 Å². The van der Waals surface area contributed by atoms with E-state index in [1.165, 1.54) is 0 Å². The average Bonchev–Trinajstić information content (AvgIpc) is 2.89. The van der Waals surface area contributed by atoms with E-state index in [0.29, 0.717) is 13.0 Å². The van der Waals surface area contributed by atoms with Gasteiger partial charge in [0.25, 0.3) is 0 Å². The summed E-state index contributed by atoms with van der Waals surface area (Å²) in [6.45, 7) is 2.58. The quantitative estimate of drug-likeness (QED) is 0.808. The zero-order valence-electron chi connectivity index (χ0n) is 13.1.